The van der Waals surface area contributed by atoms with E-state index >= 15 is 0 Å². The number of carbonyl (C=O) groups excluding carboxylic acids is 1. The third kappa shape index (κ3) is 3.36. The first kappa shape index (κ1) is 15.8. The SMILES string of the molecule is CCCOc1cc(C)[n+]([O-])c(C)c1C(=O)Nc1ccccc1. The highest BCUT2D eigenvalue weighted by molar-refractivity contribution is 6.06. The summed E-state index contributed by atoms with van der Waals surface area (Å²) in [6.45, 7) is 5.80. The maximum absolute atomic E-state index is 12.5. The van der Waals surface area contributed by atoms with Crippen molar-refractivity contribution in [2.75, 3.05) is 11.9 Å². The summed E-state index contributed by atoms with van der Waals surface area (Å²) in [5.41, 5.74) is 1.78. The van der Waals surface area contributed by atoms with Crippen LogP contribution in [0.4, 0.5) is 5.69 Å². The Morgan fingerprint density at radius 2 is 1.95 bits per heavy atom. The molecule has 1 heterocycles. The monoisotopic (exact) mass is 300 g/mol. The van der Waals surface area contributed by atoms with Gasteiger partial charge in [-0.25, -0.2) is 0 Å². The molecular weight excluding hydrogens is 280 g/mol. The van der Waals surface area contributed by atoms with Gasteiger partial charge < -0.3 is 15.3 Å². The van der Waals surface area contributed by atoms with Crippen molar-refractivity contribution in [2.24, 2.45) is 0 Å². The lowest BCUT2D eigenvalue weighted by molar-refractivity contribution is -0.619. The molecule has 0 unspecified atom stereocenters. The largest absolute Gasteiger partial charge is 0.618 e. The Hall–Kier alpha value is -2.56. The van der Waals surface area contributed by atoms with Gasteiger partial charge in [-0.2, -0.15) is 4.73 Å². The quantitative estimate of drug-likeness (QED) is 0.682. The van der Waals surface area contributed by atoms with Crippen molar-refractivity contribution >= 4 is 11.6 Å². The standard InChI is InChI=1S/C17H20N2O3/c1-4-10-22-15-11-12(2)19(21)13(3)16(15)17(20)18-14-8-6-5-7-9-14/h5-9,11H,4,10H2,1-3H3,(H,18,20). The van der Waals surface area contributed by atoms with Crippen LogP contribution in [-0.4, -0.2) is 12.5 Å². The third-order valence-corrected chi connectivity index (χ3v) is 3.29. The fourth-order valence-electron chi connectivity index (χ4n) is 2.18. The maximum atomic E-state index is 12.5. The maximum Gasteiger partial charge on any atom is 0.265 e. The average molecular weight is 300 g/mol. The Morgan fingerprint density at radius 1 is 1.27 bits per heavy atom. The molecule has 0 radical (unpaired) electrons. The van der Waals surface area contributed by atoms with Gasteiger partial charge in [0.05, 0.1) is 6.61 Å². The highest BCUT2D eigenvalue weighted by Crippen LogP contribution is 2.23. The molecule has 22 heavy (non-hydrogen) atoms. The van der Waals surface area contributed by atoms with E-state index in [9.17, 15) is 10.0 Å². The normalized spacial score (nSPS) is 10.3. The van der Waals surface area contributed by atoms with Gasteiger partial charge in [-0.3, -0.25) is 4.79 Å². The van der Waals surface area contributed by atoms with E-state index in [1.54, 1.807) is 32.0 Å². The minimum absolute atomic E-state index is 0.276. The molecule has 1 amide bonds. The summed E-state index contributed by atoms with van der Waals surface area (Å²) < 4.78 is 6.40. The second-order valence-electron chi connectivity index (χ2n) is 5.07. The van der Waals surface area contributed by atoms with Gasteiger partial charge in [-0.1, -0.05) is 25.1 Å². The highest BCUT2D eigenvalue weighted by atomic mass is 16.5. The summed E-state index contributed by atoms with van der Waals surface area (Å²) in [6.07, 6.45) is 0.824. The van der Waals surface area contributed by atoms with Gasteiger partial charge in [-0.15, -0.1) is 0 Å². The number of ether oxygens (including phenoxy) is 1. The summed E-state index contributed by atoms with van der Waals surface area (Å²) in [5, 5.41) is 14.8. The molecule has 5 nitrogen and oxygen atoms in total. The van der Waals surface area contributed by atoms with Crippen molar-refractivity contribution < 1.29 is 14.3 Å². The number of hydrogen-bond acceptors (Lipinski definition) is 3. The minimum atomic E-state index is -0.348. The Balaban J connectivity index is 2.39. The third-order valence-electron chi connectivity index (χ3n) is 3.29. The zero-order valence-corrected chi connectivity index (χ0v) is 13.1. The number of hydrogen-bond donors (Lipinski definition) is 1. The van der Waals surface area contributed by atoms with Crippen LogP contribution in [0.15, 0.2) is 36.4 Å². The molecule has 0 aliphatic rings. The molecule has 0 spiro atoms. The molecule has 1 aromatic carbocycles. The number of nitrogens with zero attached hydrogens (tertiary/aromatic N) is 1. The molecule has 0 fully saturated rings. The van der Waals surface area contributed by atoms with Crippen LogP contribution in [0.1, 0.15) is 35.1 Å². The molecule has 0 atom stereocenters. The molecule has 0 saturated carbocycles. The minimum Gasteiger partial charge on any atom is -0.618 e. The summed E-state index contributed by atoms with van der Waals surface area (Å²) in [4.78, 5) is 12.5. The highest BCUT2D eigenvalue weighted by Gasteiger charge is 2.24. The number of carbonyl (C=O) groups is 1. The van der Waals surface area contributed by atoms with Crippen molar-refractivity contribution in [3.05, 3.63) is 58.6 Å². The first-order valence-corrected chi connectivity index (χ1v) is 7.27. The van der Waals surface area contributed by atoms with Crippen LogP contribution in [-0.2, 0) is 0 Å². The second-order valence-corrected chi connectivity index (χ2v) is 5.07. The van der Waals surface area contributed by atoms with Crippen LogP contribution >= 0.6 is 0 Å². The van der Waals surface area contributed by atoms with Crippen molar-refractivity contribution in [3.63, 3.8) is 0 Å². The Labute approximate surface area is 130 Å². The van der Waals surface area contributed by atoms with Gasteiger partial charge >= 0.3 is 0 Å². The summed E-state index contributed by atoms with van der Waals surface area (Å²) in [7, 11) is 0. The van der Waals surface area contributed by atoms with E-state index in [-0.39, 0.29) is 11.5 Å². The van der Waals surface area contributed by atoms with Crippen LogP contribution < -0.4 is 14.8 Å². The van der Waals surface area contributed by atoms with Crippen LogP contribution in [0, 0.1) is 19.1 Å². The van der Waals surface area contributed by atoms with Crippen molar-refractivity contribution in [1.29, 1.82) is 0 Å². The molecular formula is C17H20N2O3. The summed E-state index contributed by atoms with van der Waals surface area (Å²) in [5.74, 6) is 0.0942. The number of aromatic nitrogens is 1. The lowest BCUT2D eigenvalue weighted by atomic mass is 10.1. The van der Waals surface area contributed by atoms with E-state index in [1.165, 1.54) is 0 Å². The zero-order valence-electron chi connectivity index (χ0n) is 13.1. The number of benzene rings is 1. The Bertz CT molecular complexity index is 669. The van der Waals surface area contributed by atoms with Crippen LogP contribution in [0.2, 0.25) is 0 Å². The predicted molar refractivity (Wildman–Crippen MR) is 85.1 cm³/mol. The molecule has 116 valence electrons. The van der Waals surface area contributed by atoms with Gasteiger partial charge in [0, 0.05) is 25.6 Å². The zero-order chi connectivity index (χ0) is 16.1. The topological polar surface area (TPSA) is 65.3 Å². The molecule has 0 saturated heterocycles. The smallest absolute Gasteiger partial charge is 0.265 e. The average Bonchev–Trinajstić information content (AvgIpc) is 2.51. The molecule has 0 aliphatic carbocycles. The molecule has 5 heteroatoms. The molecule has 0 bridgehead atoms. The first-order chi connectivity index (χ1) is 10.5. The number of rotatable bonds is 5. The Morgan fingerprint density at radius 3 is 2.59 bits per heavy atom. The lowest BCUT2D eigenvalue weighted by Crippen LogP contribution is -2.37. The van der Waals surface area contributed by atoms with Gasteiger partial charge in [0.25, 0.3) is 5.91 Å². The number of amides is 1. The molecule has 0 aliphatic heterocycles. The van der Waals surface area contributed by atoms with Crippen molar-refractivity contribution in [3.8, 4) is 5.75 Å². The number of anilines is 1. The predicted octanol–water partition coefficient (Wildman–Crippen LogP) is 2.98. The number of nitrogens with one attached hydrogen (secondary N) is 1. The number of para-hydroxylation sites is 1. The van der Waals surface area contributed by atoms with E-state index in [0.717, 1.165) is 11.2 Å². The number of aryl methyl sites for hydroxylation is 1. The van der Waals surface area contributed by atoms with Gasteiger partial charge in [0.2, 0.25) is 5.69 Å². The van der Waals surface area contributed by atoms with Crippen LogP contribution in [0.5, 0.6) is 5.75 Å². The van der Waals surface area contributed by atoms with E-state index in [2.05, 4.69) is 5.32 Å². The second kappa shape index (κ2) is 6.93. The van der Waals surface area contributed by atoms with E-state index in [0.29, 0.717) is 29.4 Å². The summed E-state index contributed by atoms with van der Waals surface area (Å²) in [6, 6.07) is 10.7. The van der Waals surface area contributed by atoms with Crippen molar-refractivity contribution in [2.45, 2.75) is 27.2 Å². The number of pyridine rings is 1. The summed E-state index contributed by atoms with van der Waals surface area (Å²) >= 11 is 0. The van der Waals surface area contributed by atoms with E-state index in [1.807, 2.05) is 25.1 Å². The van der Waals surface area contributed by atoms with Crippen LogP contribution in [0.25, 0.3) is 0 Å². The fraction of sp³-hybridized carbons (Fsp3) is 0.294. The molecule has 1 N–H and O–H groups in total. The van der Waals surface area contributed by atoms with Gasteiger partial charge in [0.1, 0.15) is 11.3 Å². The Kier molecular flexibility index (Phi) is 4.99. The molecule has 1 aromatic heterocycles. The molecule has 2 aromatic rings. The fourth-order valence-corrected chi connectivity index (χ4v) is 2.18. The van der Waals surface area contributed by atoms with Gasteiger partial charge in [0.15, 0.2) is 5.69 Å². The van der Waals surface area contributed by atoms with E-state index in [4.69, 9.17) is 4.74 Å². The van der Waals surface area contributed by atoms with Crippen molar-refractivity contribution in [1.82, 2.24) is 0 Å². The molecule has 2 rings (SSSR count). The van der Waals surface area contributed by atoms with Crippen LogP contribution in [0.3, 0.4) is 0 Å². The first-order valence-electron chi connectivity index (χ1n) is 7.27. The van der Waals surface area contributed by atoms with E-state index < -0.39 is 0 Å². The van der Waals surface area contributed by atoms with Gasteiger partial charge in [-0.05, 0) is 18.6 Å². The lowest BCUT2D eigenvalue weighted by Gasteiger charge is -2.15.